The molecule has 1 aliphatic heterocycles. The van der Waals surface area contributed by atoms with Gasteiger partial charge in [0.1, 0.15) is 5.83 Å². The highest BCUT2D eigenvalue weighted by molar-refractivity contribution is 5.51. The van der Waals surface area contributed by atoms with E-state index in [-0.39, 0.29) is 5.83 Å². The Kier molecular flexibility index (Phi) is 1.67. The summed E-state index contributed by atoms with van der Waals surface area (Å²) in [6.07, 6.45) is 12.3. The molecule has 2 rings (SSSR count). The van der Waals surface area contributed by atoms with Crippen LogP contribution in [-0.4, -0.2) is 0 Å². The zero-order valence-electron chi connectivity index (χ0n) is 6.42. The minimum atomic E-state index is -0.183. The van der Waals surface area contributed by atoms with Gasteiger partial charge in [-0.3, -0.25) is 0 Å². The number of rotatable bonds is 0. The van der Waals surface area contributed by atoms with Crippen molar-refractivity contribution in [3.05, 3.63) is 59.8 Å². The maximum atomic E-state index is 13.0. The predicted octanol–water partition coefficient (Wildman–Crippen LogP) is 2.34. The van der Waals surface area contributed by atoms with Crippen molar-refractivity contribution in [3.63, 3.8) is 0 Å². The number of hydrogen-bond acceptors (Lipinski definition) is 1. The fourth-order valence-electron chi connectivity index (χ4n) is 1.18. The molecule has 0 aromatic heterocycles. The molecule has 0 unspecified atom stereocenters. The van der Waals surface area contributed by atoms with E-state index in [4.69, 9.17) is 0 Å². The lowest BCUT2D eigenvalue weighted by molar-refractivity contribution is 0.657. The van der Waals surface area contributed by atoms with Gasteiger partial charge in [0.05, 0.1) is 0 Å². The van der Waals surface area contributed by atoms with E-state index in [2.05, 4.69) is 5.32 Å². The third-order valence-corrected chi connectivity index (χ3v) is 1.76. The zero-order valence-corrected chi connectivity index (χ0v) is 6.42. The van der Waals surface area contributed by atoms with Gasteiger partial charge >= 0.3 is 0 Å². The van der Waals surface area contributed by atoms with Gasteiger partial charge in [0.2, 0.25) is 0 Å². The molecule has 0 aromatic carbocycles. The first-order chi connectivity index (χ1) is 5.88. The Morgan fingerprint density at radius 2 is 2.00 bits per heavy atom. The van der Waals surface area contributed by atoms with Crippen molar-refractivity contribution in [2.24, 2.45) is 0 Å². The second-order valence-electron chi connectivity index (χ2n) is 2.56. The van der Waals surface area contributed by atoms with Gasteiger partial charge in [0.25, 0.3) is 0 Å². The largest absolute Gasteiger partial charge is 0.361 e. The van der Waals surface area contributed by atoms with Crippen LogP contribution in [0.25, 0.3) is 0 Å². The first-order valence-electron chi connectivity index (χ1n) is 3.76. The molecule has 0 saturated carbocycles. The lowest BCUT2D eigenvalue weighted by Crippen LogP contribution is -2.07. The van der Waals surface area contributed by atoms with Gasteiger partial charge in [-0.15, -0.1) is 0 Å². The summed E-state index contributed by atoms with van der Waals surface area (Å²) >= 11 is 0. The molecule has 0 atom stereocenters. The maximum Gasteiger partial charge on any atom is 0.132 e. The van der Waals surface area contributed by atoms with Crippen LogP contribution < -0.4 is 5.32 Å². The second kappa shape index (κ2) is 2.81. The Labute approximate surface area is 70.3 Å². The Morgan fingerprint density at radius 1 is 1.08 bits per heavy atom. The molecule has 0 spiro atoms. The Bertz CT molecular complexity index is 343. The number of allylic oxidation sites excluding steroid dienone is 8. The number of halogens is 1. The van der Waals surface area contributed by atoms with Crippen molar-refractivity contribution in [3.8, 4) is 0 Å². The summed E-state index contributed by atoms with van der Waals surface area (Å²) in [7, 11) is 0. The summed E-state index contributed by atoms with van der Waals surface area (Å²) in [5.41, 5.74) is 1.43. The molecule has 0 fully saturated rings. The van der Waals surface area contributed by atoms with E-state index in [1.54, 1.807) is 18.4 Å². The molecule has 1 nitrogen and oxygen atoms in total. The van der Waals surface area contributed by atoms with Crippen LogP contribution in [0.4, 0.5) is 4.39 Å². The third kappa shape index (κ3) is 1.11. The van der Waals surface area contributed by atoms with E-state index < -0.39 is 0 Å². The molecule has 12 heavy (non-hydrogen) atoms. The van der Waals surface area contributed by atoms with Crippen molar-refractivity contribution >= 4 is 0 Å². The highest BCUT2D eigenvalue weighted by atomic mass is 19.1. The van der Waals surface area contributed by atoms with E-state index in [0.29, 0.717) is 5.57 Å². The zero-order chi connectivity index (χ0) is 8.39. The van der Waals surface area contributed by atoms with Crippen molar-refractivity contribution in [2.45, 2.75) is 0 Å². The molecule has 0 bridgehead atoms. The number of nitrogens with one attached hydrogen (secondary N) is 1. The predicted molar refractivity (Wildman–Crippen MR) is 46.8 cm³/mol. The standard InChI is InChI=1S/C10H8FN/c11-9-5-3-4-8(9)10-6-1-2-7-12-10/h1-7,12H/b10-8-. The summed E-state index contributed by atoms with van der Waals surface area (Å²) in [5.74, 6) is -0.183. The minimum absolute atomic E-state index is 0.183. The minimum Gasteiger partial charge on any atom is -0.361 e. The van der Waals surface area contributed by atoms with Crippen LogP contribution in [0, 0.1) is 0 Å². The van der Waals surface area contributed by atoms with Gasteiger partial charge in [-0.05, 0) is 24.3 Å². The van der Waals surface area contributed by atoms with E-state index in [0.717, 1.165) is 5.70 Å². The lowest BCUT2D eigenvalue weighted by Gasteiger charge is -2.07. The van der Waals surface area contributed by atoms with E-state index in [1.165, 1.54) is 6.08 Å². The van der Waals surface area contributed by atoms with Crippen LogP contribution in [0.15, 0.2) is 59.8 Å². The van der Waals surface area contributed by atoms with Crippen LogP contribution in [0.5, 0.6) is 0 Å². The van der Waals surface area contributed by atoms with Gasteiger partial charge < -0.3 is 5.32 Å². The van der Waals surface area contributed by atoms with Crippen molar-refractivity contribution < 1.29 is 4.39 Å². The average Bonchev–Trinajstić information content (AvgIpc) is 2.53. The molecule has 1 N–H and O–H groups in total. The van der Waals surface area contributed by atoms with E-state index in [1.807, 2.05) is 18.2 Å². The molecule has 0 aromatic rings. The SMILES string of the molecule is FC1=CC=C/C1=C1\C=CC=CN1. The number of hydrogen-bond donors (Lipinski definition) is 1. The van der Waals surface area contributed by atoms with Crippen LogP contribution >= 0.6 is 0 Å². The van der Waals surface area contributed by atoms with Gasteiger partial charge in [-0.25, -0.2) is 4.39 Å². The van der Waals surface area contributed by atoms with Gasteiger partial charge in [-0.2, -0.15) is 0 Å². The van der Waals surface area contributed by atoms with Crippen LogP contribution in [0.2, 0.25) is 0 Å². The van der Waals surface area contributed by atoms with Gasteiger partial charge in [-0.1, -0.05) is 12.2 Å². The second-order valence-corrected chi connectivity index (χ2v) is 2.56. The highest BCUT2D eigenvalue weighted by Gasteiger charge is 2.09. The topological polar surface area (TPSA) is 12.0 Å². The first kappa shape index (κ1) is 7.10. The molecular formula is C10H8FN. The summed E-state index contributed by atoms with van der Waals surface area (Å²) in [6, 6.07) is 0. The molecule has 1 aliphatic carbocycles. The molecule has 2 aliphatic rings. The Hall–Kier alpha value is -1.57. The smallest absolute Gasteiger partial charge is 0.132 e. The lowest BCUT2D eigenvalue weighted by atomic mass is 10.2. The maximum absolute atomic E-state index is 13.0. The Morgan fingerprint density at radius 3 is 2.58 bits per heavy atom. The summed E-state index contributed by atoms with van der Waals surface area (Å²) < 4.78 is 13.0. The monoisotopic (exact) mass is 161 g/mol. The number of dihydropyridines is 1. The fraction of sp³-hybridized carbons (Fsp3) is 0. The van der Waals surface area contributed by atoms with Crippen LogP contribution in [-0.2, 0) is 0 Å². The molecule has 2 heteroatoms. The molecule has 0 saturated heterocycles. The molecule has 1 heterocycles. The van der Waals surface area contributed by atoms with Crippen LogP contribution in [0.1, 0.15) is 0 Å². The average molecular weight is 161 g/mol. The highest BCUT2D eigenvalue weighted by Crippen LogP contribution is 2.23. The van der Waals surface area contributed by atoms with Gasteiger partial charge in [0, 0.05) is 17.5 Å². The van der Waals surface area contributed by atoms with Crippen molar-refractivity contribution in [1.29, 1.82) is 0 Å². The van der Waals surface area contributed by atoms with Gasteiger partial charge in [0.15, 0.2) is 0 Å². The summed E-state index contributed by atoms with van der Waals surface area (Å²) in [5, 5.41) is 2.97. The summed E-state index contributed by atoms with van der Waals surface area (Å²) in [4.78, 5) is 0. The van der Waals surface area contributed by atoms with Crippen LogP contribution in [0.3, 0.4) is 0 Å². The molecular weight excluding hydrogens is 153 g/mol. The molecule has 60 valence electrons. The first-order valence-corrected chi connectivity index (χ1v) is 3.76. The fourth-order valence-corrected chi connectivity index (χ4v) is 1.18. The van der Waals surface area contributed by atoms with Crippen molar-refractivity contribution in [1.82, 2.24) is 5.32 Å². The third-order valence-electron chi connectivity index (χ3n) is 1.76. The quantitative estimate of drug-likeness (QED) is 0.575. The molecule has 0 amide bonds. The van der Waals surface area contributed by atoms with Crippen molar-refractivity contribution in [2.75, 3.05) is 0 Å². The Balaban J connectivity index is 2.38. The molecule has 0 radical (unpaired) electrons. The van der Waals surface area contributed by atoms with E-state index in [9.17, 15) is 4.39 Å². The normalized spacial score (nSPS) is 25.9. The van der Waals surface area contributed by atoms with E-state index >= 15 is 0 Å². The summed E-state index contributed by atoms with van der Waals surface area (Å²) in [6.45, 7) is 0.